The van der Waals surface area contributed by atoms with Gasteiger partial charge in [-0.15, -0.1) is 0 Å². The fourth-order valence-electron chi connectivity index (χ4n) is 4.72. The van der Waals surface area contributed by atoms with E-state index in [1.165, 1.54) is 0 Å². The van der Waals surface area contributed by atoms with Crippen LogP contribution in [0.5, 0.6) is 0 Å². The van der Waals surface area contributed by atoms with Gasteiger partial charge < -0.3 is 15.2 Å². The molecular formula is C25H26N8O. The number of amides is 1. The van der Waals surface area contributed by atoms with Gasteiger partial charge in [-0.25, -0.2) is 9.50 Å². The summed E-state index contributed by atoms with van der Waals surface area (Å²) < 4.78 is 3.64. The van der Waals surface area contributed by atoms with E-state index < -0.39 is 0 Å². The molecule has 0 atom stereocenters. The van der Waals surface area contributed by atoms with Gasteiger partial charge in [-0.2, -0.15) is 10.2 Å². The fourth-order valence-corrected chi connectivity index (χ4v) is 4.72. The Hall–Kier alpha value is -3.98. The van der Waals surface area contributed by atoms with Crippen LogP contribution in [0.15, 0.2) is 55.4 Å². The van der Waals surface area contributed by atoms with Crippen LogP contribution in [0.4, 0.5) is 0 Å². The van der Waals surface area contributed by atoms with Crippen molar-refractivity contribution >= 4 is 22.5 Å². The summed E-state index contributed by atoms with van der Waals surface area (Å²) in [7, 11) is 4.02. The van der Waals surface area contributed by atoms with Crippen LogP contribution in [-0.4, -0.2) is 66.3 Å². The molecule has 1 amide bonds. The Morgan fingerprint density at radius 1 is 1.06 bits per heavy atom. The van der Waals surface area contributed by atoms with E-state index in [-0.39, 0.29) is 11.9 Å². The van der Waals surface area contributed by atoms with E-state index in [9.17, 15) is 4.79 Å². The van der Waals surface area contributed by atoms with Crippen molar-refractivity contribution in [1.29, 1.82) is 0 Å². The Labute approximate surface area is 196 Å². The number of piperidine rings is 1. The summed E-state index contributed by atoms with van der Waals surface area (Å²) in [5.41, 5.74) is 6.38. The smallest absolute Gasteiger partial charge is 0.253 e. The van der Waals surface area contributed by atoms with Crippen LogP contribution in [-0.2, 0) is 7.05 Å². The Balaban J connectivity index is 1.34. The van der Waals surface area contributed by atoms with Gasteiger partial charge in [0.15, 0.2) is 0 Å². The number of nitrogens with one attached hydrogen (secondary N) is 2. The molecule has 2 N–H and O–H groups in total. The third kappa shape index (κ3) is 3.63. The Kier molecular flexibility index (Phi) is 4.91. The second-order valence-corrected chi connectivity index (χ2v) is 9.08. The van der Waals surface area contributed by atoms with Gasteiger partial charge in [0, 0.05) is 60.0 Å². The van der Waals surface area contributed by atoms with Gasteiger partial charge in [0.2, 0.25) is 0 Å². The monoisotopic (exact) mass is 454 g/mol. The average molecular weight is 455 g/mol. The average Bonchev–Trinajstić information content (AvgIpc) is 3.57. The first-order valence-corrected chi connectivity index (χ1v) is 11.5. The number of hydrogen-bond acceptors (Lipinski definition) is 5. The van der Waals surface area contributed by atoms with Crippen molar-refractivity contribution in [3.63, 3.8) is 0 Å². The summed E-state index contributed by atoms with van der Waals surface area (Å²) in [5.74, 6) is -0.0683. The van der Waals surface area contributed by atoms with Crippen LogP contribution in [0.1, 0.15) is 23.2 Å². The number of H-pyrrole nitrogens is 1. The molecule has 34 heavy (non-hydrogen) atoms. The quantitative estimate of drug-likeness (QED) is 0.435. The van der Waals surface area contributed by atoms with Crippen LogP contribution in [0.3, 0.4) is 0 Å². The molecule has 6 heterocycles. The molecule has 1 saturated heterocycles. The van der Waals surface area contributed by atoms with Gasteiger partial charge in [0.1, 0.15) is 5.65 Å². The Morgan fingerprint density at radius 2 is 1.91 bits per heavy atom. The molecule has 0 radical (unpaired) electrons. The van der Waals surface area contributed by atoms with Crippen molar-refractivity contribution in [3.05, 3.63) is 60.9 Å². The molecule has 5 aromatic heterocycles. The first-order chi connectivity index (χ1) is 16.5. The minimum atomic E-state index is -0.0683. The molecule has 1 fully saturated rings. The lowest BCUT2D eigenvalue weighted by atomic mass is 10.0. The molecule has 1 aliphatic heterocycles. The molecular weight excluding hydrogens is 428 g/mol. The molecule has 0 spiro atoms. The van der Waals surface area contributed by atoms with Crippen LogP contribution in [0.25, 0.3) is 38.8 Å². The lowest BCUT2D eigenvalue weighted by molar-refractivity contribution is 0.0916. The lowest BCUT2D eigenvalue weighted by Crippen LogP contribution is -2.43. The number of aryl methyl sites for hydroxylation is 1. The van der Waals surface area contributed by atoms with E-state index in [0.29, 0.717) is 5.56 Å². The maximum atomic E-state index is 13.0. The molecule has 9 nitrogen and oxygen atoms in total. The summed E-state index contributed by atoms with van der Waals surface area (Å²) in [5, 5.41) is 12.9. The number of aromatic nitrogens is 6. The molecule has 0 aromatic carbocycles. The van der Waals surface area contributed by atoms with Crippen molar-refractivity contribution in [2.75, 3.05) is 20.1 Å². The zero-order valence-electron chi connectivity index (χ0n) is 19.2. The van der Waals surface area contributed by atoms with Gasteiger partial charge in [0.05, 0.1) is 23.5 Å². The number of fused-ring (bicyclic) bond motifs is 2. The minimum absolute atomic E-state index is 0.0683. The van der Waals surface area contributed by atoms with Gasteiger partial charge in [-0.3, -0.25) is 9.48 Å². The molecule has 0 bridgehead atoms. The summed E-state index contributed by atoms with van der Waals surface area (Å²) in [6, 6.07) is 6.28. The van der Waals surface area contributed by atoms with E-state index in [1.54, 1.807) is 10.9 Å². The van der Waals surface area contributed by atoms with Gasteiger partial charge in [-0.05, 0) is 56.7 Å². The number of pyridine rings is 2. The van der Waals surface area contributed by atoms with Gasteiger partial charge in [-0.1, -0.05) is 0 Å². The molecule has 1 aliphatic rings. The van der Waals surface area contributed by atoms with Crippen molar-refractivity contribution in [1.82, 2.24) is 39.6 Å². The number of aromatic amines is 1. The van der Waals surface area contributed by atoms with Crippen molar-refractivity contribution < 1.29 is 4.79 Å². The first-order valence-electron chi connectivity index (χ1n) is 11.5. The molecule has 172 valence electrons. The Morgan fingerprint density at radius 3 is 2.71 bits per heavy atom. The second-order valence-electron chi connectivity index (χ2n) is 9.08. The van der Waals surface area contributed by atoms with E-state index >= 15 is 0 Å². The van der Waals surface area contributed by atoms with Gasteiger partial charge in [0.25, 0.3) is 5.91 Å². The van der Waals surface area contributed by atoms with Crippen LogP contribution >= 0.6 is 0 Å². The number of likely N-dealkylation sites (tertiary alicyclic amines) is 1. The SMILES string of the molecule is CN1CCC(NC(=O)c2cnc3[nH]cc(-c4ccn5ncc(-c6cnn(C)c6)c5c4)c3c2)CC1. The highest BCUT2D eigenvalue weighted by Gasteiger charge is 2.20. The highest BCUT2D eigenvalue weighted by molar-refractivity contribution is 6.01. The van der Waals surface area contributed by atoms with E-state index in [1.807, 2.05) is 54.7 Å². The largest absolute Gasteiger partial charge is 0.349 e. The Bertz CT molecular complexity index is 1500. The fraction of sp³-hybridized carbons (Fsp3) is 0.280. The molecule has 0 unspecified atom stereocenters. The minimum Gasteiger partial charge on any atom is -0.349 e. The first kappa shape index (κ1) is 20.6. The van der Waals surface area contributed by atoms with Gasteiger partial charge >= 0.3 is 0 Å². The third-order valence-corrected chi connectivity index (χ3v) is 6.70. The van der Waals surface area contributed by atoms with Crippen molar-refractivity contribution in [2.24, 2.45) is 7.05 Å². The molecule has 9 heteroatoms. The predicted octanol–water partition coefficient (Wildman–Crippen LogP) is 3.10. The lowest BCUT2D eigenvalue weighted by Gasteiger charge is -2.29. The zero-order chi connectivity index (χ0) is 23.2. The number of carbonyl (C=O) groups is 1. The van der Waals surface area contributed by atoms with Crippen molar-refractivity contribution in [2.45, 2.75) is 18.9 Å². The topological polar surface area (TPSA) is 96.1 Å². The van der Waals surface area contributed by atoms with E-state index in [0.717, 1.165) is 64.7 Å². The normalized spacial score (nSPS) is 15.4. The molecule has 0 saturated carbocycles. The number of nitrogens with zero attached hydrogens (tertiary/aromatic N) is 6. The van der Waals surface area contributed by atoms with Crippen molar-refractivity contribution in [3.8, 4) is 22.3 Å². The number of rotatable bonds is 4. The predicted molar refractivity (Wildman–Crippen MR) is 130 cm³/mol. The highest BCUT2D eigenvalue weighted by Crippen LogP contribution is 2.32. The summed E-state index contributed by atoms with van der Waals surface area (Å²) >= 11 is 0. The third-order valence-electron chi connectivity index (χ3n) is 6.70. The standard InChI is InChI=1S/C25H26N8O/c1-31-6-4-19(5-7-31)30-25(34)17-9-20-21(13-27-24(20)26-11-17)16-3-8-33-23(10-16)22(14-29-33)18-12-28-32(2)15-18/h3,8-15,19H,4-7H2,1-2H3,(H,26,27)(H,30,34). The van der Waals surface area contributed by atoms with Crippen LogP contribution in [0.2, 0.25) is 0 Å². The maximum absolute atomic E-state index is 13.0. The molecule has 5 aromatic rings. The summed E-state index contributed by atoms with van der Waals surface area (Å²) in [6.07, 6.45) is 13.2. The van der Waals surface area contributed by atoms with Crippen LogP contribution < -0.4 is 5.32 Å². The zero-order valence-corrected chi connectivity index (χ0v) is 19.2. The second kappa shape index (κ2) is 8.11. The summed E-state index contributed by atoms with van der Waals surface area (Å²) in [6.45, 7) is 2.00. The molecule has 0 aliphatic carbocycles. The number of hydrogen-bond donors (Lipinski definition) is 2. The highest BCUT2D eigenvalue weighted by atomic mass is 16.1. The summed E-state index contributed by atoms with van der Waals surface area (Å²) in [4.78, 5) is 23.0. The van der Waals surface area contributed by atoms with E-state index in [4.69, 9.17) is 0 Å². The maximum Gasteiger partial charge on any atom is 0.253 e. The molecule has 6 rings (SSSR count). The number of carbonyl (C=O) groups excluding carboxylic acids is 1. The van der Waals surface area contributed by atoms with E-state index in [2.05, 4.69) is 43.5 Å². The van der Waals surface area contributed by atoms with Crippen LogP contribution in [0, 0.1) is 0 Å².